The summed E-state index contributed by atoms with van der Waals surface area (Å²) < 4.78 is -0.000446. The van der Waals surface area contributed by atoms with Gasteiger partial charge in [-0.05, 0) is 32.0 Å². The Labute approximate surface area is 132 Å². The second kappa shape index (κ2) is 6.15. The van der Waals surface area contributed by atoms with Crippen LogP contribution in [0.15, 0.2) is 18.2 Å². The Hall–Kier alpha value is -1.40. The highest BCUT2D eigenvalue weighted by atomic mass is 35.5. The maximum absolute atomic E-state index is 12.3. The van der Waals surface area contributed by atoms with Crippen molar-refractivity contribution in [2.24, 2.45) is 0 Å². The van der Waals surface area contributed by atoms with Crippen molar-refractivity contribution in [2.45, 2.75) is 18.6 Å². The van der Waals surface area contributed by atoms with Crippen LogP contribution >= 0.6 is 23.4 Å². The van der Waals surface area contributed by atoms with E-state index in [4.69, 9.17) is 16.7 Å². The number of nitrogens with one attached hydrogen (secondary N) is 1. The van der Waals surface area contributed by atoms with Gasteiger partial charge in [-0.3, -0.25) is 0 Å². The molecule has 0 spiro atoms. The van der Waals surface area contributed by atoms with Crippen LogP contribution in [0.3, 0.4) is 0 Å². The van der Waals surface area contributed by atoms with Gasteiger partial charge in [-0.15, -0.1) is 0 Å². The van der Waals surface area contributed by atoms with Crippen molar-refractivity contribution < 1.29 is 14.7 Å². The molecule has 0 aromatic heterocycles. The number of carboxylic acids is 1. The number of benzene rings is 1. The van der Waals surface area contributed by atoms with Crippen molar-refractivity contribution in [1.29, 1.82) is 0 Å². The Balaban J connectivity index is 2.16. The van der Waals surface area contributed by atoms with Gasteiger partial charge in [0.15, 0.2) is 0 Å². The zero-order valence-corrected chi connectivity index (χ0v) is 13.4. The number of amides is 2. The third-order valence-corrected chi connectivity index (χ3v) is 4.70. The maximum Gasteiger partial charge on any atom is 0.337 e. The largest absolute Gasteiger partial charge is 0.478 e. The second-order valence-electron chi connectivity index (χ2n) is 5.45. The standard InChI is InChI=1S/C14H17ClN2O3S/c1-14(2)8-17(5-6-21-14)13(20)16-11-7-9(15)3-4-10(11)12(18)19/h3-4,7H,5-6,8H2,1-2H3,(H,16,20)(H,18,19). The third-order valence-electron chi connectivity index (χ3n) is 3.17. The van der Waals surface area contributed by atoms with Gasteiger partial charge >= 0.3 is 12.0 Å². The van der Waals surface area contributed by atoms with Gasteiger partial charge in [-0.1, -0.05) is 11.6 Å². The van der Waals surface area contributed by atoms with Crippen LogP contribution in [0.1, 0.15) is 24.2 Å². The summed E-state index contributed by atoms with van der Waals surface area (Å²) in [7, 11) is 0. The number of carboxylic acid groups (broad SMARTS) is 1. The summed E-state index contributed by atoms with van der Waals surface area (Å²) in [5.41, 5.74) is 0.245. The molecule has 0 atom stereocenters. The quantitative estimate of drug-likeness (QED) is 0.873. The molecule has 1 fully saturated rings. The molecule has 1 aromatic carbocycles. The Morgan fingerprint density at radius 2 is 2.14 bits per heavy atom. The normalized spacial score (nSPS) is 17.4. The lowest BCUT2D eigenvalue weighted by atomic mass is 10.1. The number of thioether (sulfide) groups is 1. The zero-order valence-electron chi connectivity index (χ0n) is 11.9. The van der Waals surface area contributed by atoms with Crippen LogP contribution in [0, 0.1) is 0 Å². The highest BCUT2D eigenvalue weighted by molar-refractivity contribution is 8.00. The molecule has 0 aliphatic carbocycles. The molecule has 2 rings (SSSR count). The number of anilines is 1. The summed E-state index contributed by atoms with van der Waals surface area (Å²) in [5.74, 6) is -0.238. The molecule has 2 amide bonds. The highest BCUT2D eigenvalue weighted by Gasteiger charge is 2.30. The summed E-state index contributed by atoms with van der Waals surface area (Å²) in [6.45, 7) is 5.42. The predicted molar refractivity (Wildman–Crippen MR) is 85.5 cm³/mol. The summed E-state index contributed by atoms with van der Waals surface area (Å²) >= 11 is 7.70. The first-order valence-electron chi connectivity index (χ1n) is 6.51. The molecule has 0 saturated carbocycles. The van der Waals surface area contributed by atoms with Crippen LogP contribution in [0.4, 0.5) is 10.5 Å². The predicted octanol–water partition coefficient (Wildman–Crippen LogP) is 3.40. The van der Waals surface area contributed by atoms with Crippen molar-refractivity contribution in [3.8, 4) is 0 Å². The van der Waals surface area contributed by atoms with Gasteiger partial charge in [0.05, 0.1) is 11.3 Å². The van der Waals surface area contributed by atoms with Crippen molar-refractivity contribution in [1.82, 2.24) is 4.90 Å². The van der Waals surface area contributed by atoms with Gasteiger partial charge in [0, 0.05) is 28.6 Å². The first-order chi connectivity index (χ1) is 9.78. The SMILES string of the molecule is CC1(C)CN(C(=O)Nc2cc(Cl)ccc2C(=O)O)CCS1. The van der Waals surface area contributed by atoms with Gasteiger partial charge in [0.1, 0.15) is 0 Å². The molecule has 114 valence electrons. The number of carbonyl (C=O) groups is 2. The molecule has 1 aliphatic heterocycles. The Morgan fingerprint density at radius 1 is 1.43 bits per heavy atom. The van der Waals surface area contributed by atoms with Gasteiger partial charge in [-0.25, -0.2) is 9.59 Å². The molecule has 1 aromatic rings. The smallest absolute Gasteiger partial charge is 0.337 e. The van der Waals surface area contributed by atoms with Crippen molar-refractivity contribution >= 4 is 41.1 Å². The Morgan fingerprint density at radius 3 is 2.76 bits per heavy atom. The number of nitrogens with zero attached hydrogens (tertiary/aromatic N) is 1. The molecule has 1 saturated heterocycles. The number of hydrogen-bond donors (Lipinski definition) is 2. The molecule has 21 heavy (non-hydrogen) atoms. The Bertz CT molecular complexity index is 577. The molecular weight excluding hydrogens is 312 g/mol. The van der Waals surface area contributed by atoms with Gasteiger partial charge in [-0.2, -0.15) is 11.8 Å². The molecule has 0 radical (unpaired) electrons. The van der Waals surface area contributed by atoms with E-state index in [-0.39, 0.29) is 22.0 Å². The average Bonchev–Trinajstić information content (AvgIpc) is 2.37. The van der Waals surface area contributed by atoms with Gasteiger partial charge in [0.2, 0.25) is 0 Å². The van der Waals surface area contributed by atoms with E-state index in [2.05, 4.69) is 19.2 Å². The molecule has 5 nitrogen and oxygen atoms in total. The molecule has 1 aliphatic rings. The zero-order chi connectivity index (χ0) is 15.6. The first kappa shape index (κ1) is 16.0. The van der Waals surface area contributed by atoms with E-state index in [0.29, 0.717) is 18.1 Å². The molecule has 1 heterocycles. The van der Waals surface area contributed by atoms with Crippen LogP contribution in [0.2, 0.25) is 5.02 Å². The van der Waals surface area contributed by atoms with Gasteiger partial charge in [0.25, 0.3) is 0 Å². The Kier molecular flexibility index (Phi) is 4.68. The van der Waals surface area contributed by atoms with E-state index in [9.17, 15) is 9.59 Å². The minimum Gasteiger partial charge on any atom is -0.478 e. The van der Waals surface area contributed by atoms with Crippen molar-refractivity contribution in [3.63, 3.8) is 0 Å². The van der Waals surface area contributed by atoms with Crippen LogP contribution < -0.4 is 5.32 Å². The van der Waals surface area contributed by atoms with E-state index in [1.807, 2.05) is 11.8 Å². The topological polar surface area (TPSA) is 69.6 Å². The van der Waals surface area contributed by atoms with Crippen LogP contribution in [-0.2, 0) is 0 Å². The highest BCUT2D eigenvalue weighted by Crippen LogP contribution is 2.30. The minimum absolute atomic E-state index is 0.000446. The fraction of sp³-hybridized carbons (Fsp3) is 0.429. The lowest BCUT2D eigenvalue weighted by Crippen LogP contribution is -2.47. The van der Waals surface area contributed by atoms with Crippen LogP contribution in [0.5, 0.6) is 0 Å². The number of halogens is 1. The third kappa shape index (κ3) is 4.04. The van der Waals surface area contributed by atoms with Crippen molar-refractivity contribution in [2.75, 3.05) is 24.2 Å². The summed E-state index contributed by atoms with van der Waals surface area (Å²) in [5, 5.41) is 12.2. The lowest BCUT2D eigenvalue weighted by Gasteiger charge is -2.37. The molecule has 2 N–H and O–H groups in total. The number of rotatable bonds is 2. The second-order valence-corrected chi connectivity index (χ2v) is 7.69. The van der Waals surface area contributed by atoms with E-state index < -0.39 is 5.97 Å². The lowest BCUT2D eigenvalue weighted by molar-refractivity contribution is 0.0698. The van der Waals surface area contributed by atoms with E-state index in [1.165, 1.54) is 18.2 Å². The monoisotopic (exact) mass is 328 g/mol. The maximum atomic E-state index is 12.3. The summed E-state index contributed by atoms with van der Waals surface area (Å²) in [6.07, 6.45) is 0. The number of hydrogen-bond acceptors (Lipinski definition) is 3. The van der Waals surface area contributed by atoms with Crippen molar-refractivity contribution in [3.05, 3.63) is 28.8 Å². The minimum atomic E-state index is -1.10. The summed E-state index contributed by atoms with van der Waals surface area (Å²) in [4.78, 5) is 25.2. The summed E-state index contributed by atoms with van der Waals surface area (Å²) in [6, 6.07) is 4.03. The molecule has 0 bridgehead atoms. The number of aromatic carboxylic acids is 1. The fourth-order valence-electron chi connectivity index (χ4n) is 2.19. The fourth-order valence-corrected chi connectivity index (χ4v) is 3.47. The van der Waals surface area contributed by atoms with Crippen LogP contribution in [-0.4, -0.2) is 45.6 Å². The van der Waals surface area contributed by atoms with E-state index in [1.54, 1.807) is 4.90 Å². The van der Waals surface area contributed by atoms with Gasteiger partial charge < -0.3 is 15.3 Å². The van der Waals surface area contributed by atoms with E-state index >= 15 is 0 Å². The van der Waals surface area contributed by atoms with Crippen LogP contribution in [0.25, 0.3) is 0 Å². The molecular formula is C14H17ClN2O3S. The molecule has 7 heteroatoms. The number of carbonyl (C=O) groups excluding carboxylic acids is 1. The number of urea groups is 1. The average molecular weight is 329 g/mol. The molecule has 0 unspecified atom stereocenters. The first-order valence-corrected chi connectivity index (χ1v) is 7.87. The van der Waals surface area contributed by atoms with E-state index in [0.717, 1.165) is 5.75 Å².